The van der Waals surface area contributed by atoms with Crippen molar-refractivity contribution in [1.82, 2.24) is 0 Å². The van der Waals surface area contributed by atoms with Gasteiger partial charge in [0.1, 0.15) is 4.91 Å². The number of rotatable bonds is 8. The molecule has 46 heavy (non-hydrogen) atoms. The number of hydrogen-bond acceptors (Lipinski definition) is 5. The minimum Gasteiger partial charge on any atom is -0.326 e. The Morgan fingerprint density at radius 1 is 0.739 bits per heavy atom. The van der Waals surface area contributed by atoms with Crippen molar-refractivity contribution in [2.45, 2.75) is 68.3 Å². The van der Waals surface area contributed by atoms with Gasteiger partial charge in [0.2, 0.25) is 0 Å². The van der Waals surface area contributed by atoms with Gasteiger partial charge in [-0.25, -0.2) is 16.8 Å². The van der Waals surface area contributed by atoms with Gasteiger partial charge in [-0.3, -0.25) is 5.41 Å². The molecule has 0 atom stereocenters. The Kier molecular flexibility index (Phi) is 10.4. The van der Waals surface area contributed by atoms with Crippen molar-refractivity contribution in [3.63, 3.8) is 0 Å². The topological polar surface area (TPSA) is 92.1 Å². The average Bonchev–Trinajstić information content (AvgIpc) is 3.31. The molecule has 1 fully saturated rings. The summed E-state index contributed by atoms with van der Waals surface area (Å²) in [5, 5.41) is -5.85. The van der Waals surface area contributed by atoms with Crippen molar-refractivity contribution in [3.8, 4) is 0 Å². The number of nitrogens with zero attached hydrogens (tertiary/aromatic N) is 1. The number of alkyl halides is 10. The number of unbranched alkanes of at least 4 members (excludes halogenated alkanes) is 2. The highest BCUT2D eigenvalue weighted by molar-refractivity contribution is 8.01. The lowest BCUT2D eigenvalue weighted by molar-refractivity contribution is -0.914. The molecule has 6 nitrogen and oxygen atoms in total. The van der Waals surface area contributed by atoms with Gasteiger partial charge in [-0.1, -0.05) is 37.6 Å². The number of fused-ring (bicyclic) bond motifs is 3. The van der Waals surface area contributed by atoms with Crippen LogP contribution in [-0.2, 0) is 19.7 Å². The second-order valence-electron chi connectivity index (χ2n) is 11.4. The molecule has 0 radical (unpaired) electrons. The molecule has 18 heteroatoms. The number of piperidine rings is 1. The van der Waals surface area contributed by atoms with E-state index >= 15 is 0 Å². The van der Waals surface area contributed by atoms with Crippen LogP contribution in [0.3, 0.4) is 0 Å². The van der Waals surface area contributed by atoms with Crippen molar-refractivity contribution in [2.24, 2.45) is 0 Å². The van der Waals surface area contributed by atoms with Crippen molar-refractivity contribution in [2.75, 3.05) is 26.7 Å². The fraction of sp³-hybridized carbons (Fsp3) is 0.536. The predicted octanol–water partition coefficient (Wildman–Crippen LogP) is 7.66. The second kappa shape index (κ2) is 12.7. The van der Waals surface area contributed by atoms with Gasteiger partial charge in [-0.05, 0) is 61.0 Å². The van der Waals surface area contributed by atoms with Crippen molar-refractivity contribution in [1.29, 1.82) is 5.41 Å². The predicted molar refractivity (Wildman–Crippen MR) is 151 cm³/mol. The summed E-state index contributed by atoms with van der Waals surface area (Å²) in [6.45, 7) is 6.58. The quantitative estimate of drug-likeness (QED) is 0.170. The molecule has 0 spiro atoms. The summed E-state index contributed by atoms with van der Waals surface area (Å²) in [7, 11) is -12.3. The highest BCUT2D eigenvalue weighted by Gasteiger charge is 2.72. The van der Waals surface area contributed by atoms with E-state index in [1.807, 2.05) is 0 Å². The van der Waals surface area contributed by atoms with E-state index in [2.05, 4.69) is 14.0 Å². The summed E-state index contributed by atoms with van der Waals surface area (Å²) < 4.78 is 183. The van der Waals surface area contributed by atoms with Gasteiger partial charge in [0.05, 0.1) is 37.3 Å². The third-order valence-corrected chi connectivity index (χ3v) is 11.7. The SMILES string of the molecule is CCCCC[N+]1(C)CCCCC1.N=C1C2=Cc3ccccc3C2=CC(S(=O)(=O)C(F)(F)C(F)(F)F)=C1S(=O)(=O)C(F)(F)C(F)(F)F. The molecule has 0 amide bonds. The van der Waals surface area contributed by atoms with Crippen LogP contribution in [0, 0.1) is 5.41 Å². The van der Waals surface area contributed by atoms with E-state index in [-0.39, 0.29) is 17.2 Å². The first-order chi connectivity index (χ1) is 20.9. The lowest BCUT2D eigenvalue weighted by Gasteiger charge is -2.37. The van der Waals surface area contributed by atoms with Gasteiger partial charge in [0.25, 0.3) is 19.7 Å². The van der Waals surface area contributed by atoms with E-state index in [4.69, 9.17) is 5.41 Å². The van der Waals surface area contributed by atoms with Gasteiger partial charge in [0, 0.05) is 5.57 Å². The molecule has 1 aromatic carbocycles. The Balaban J connectivity index is 0.000000402. The molecular formula is C28H31F10N2O4S2+. The lowest BCUT2D eigenvalue weighted by Crippen LogP contribution is -2.48. The van der Waals surface area contributed by atoms with E-state index < -0.39 is 69.2 Å². The molecule has 1 heterocycles. The van der Waals surface area contributed by atoms with Crippen molar-refractivity contribution in [3.05, 3.63) is 56.9 Å². The smallest absolute Gasteiger partial charge is 0.326 e. The van der Waals surface area contributed by atoms with Gasteiger partial charge >= 0.3 is 22.9 Å². The summed E-state index contributed by atoms with van der Waals surface area (Å²) in [4.78, 5) is -5.57. The summed E-state index contributed by atoms with van der Waals surface area (Å²) in [6, 6.07) is 4.95. The third-order valence-electron chi connectivity index (χ3n) is 7.93. The van der Waals surface area contributed by atoms with Crippen LogP contribution < -0.4 is 0 Å². The number of halogens is 10. The zero-order chi connectivity index (χ0) is 35.1. The Bertz CT molecular complexity index is 1670. The highest BCUT2D eigenvalue weighted by atomic mass is 32.2. The summed E-state index contributed by atoms with van der Waals surface area (Å²) in [6.07, 6.45) is -4.60. The normalized spacial score (nSPS) is 19.1. The van der Waals surface area contributed by atoms with Gasteiger partial charge < -0.3 is 4.48 Å². The van der Waals surface area contributed by atoms with Crippen LogP contribution in [0.2, 0.25) is 0 Å². The number of quaternary nitrogens is 1. The van der Waals surface area contributed by atoms with E-state index in [0.717, 1.165) is 12.1 Å². The number of nitrogens with one attached hydrogen (secondary N) is 1. The molecule has 258 valence electrons. The number of hydrogen-bond donors (Lipinski definition) is 1. The van der Waals surface area contributed by atoms with Gasteiger partial charge in [0.15, 0.2) is 0 Å². The molecule has 1 aromatic rings. The maximum atomic E-state index is 13.9. The maximum absolute atomic E-state index is 13.9. The van der Waals surface area contributed by atoms with Crippen LogP contribution in [0.25, 0.3) is 11.6 Å². The van der Waals surface area contributed by atoms with Crippen LogP contribution in [0.5, 0.6) is 0 Å². The Labute approximate surface area is 259 Å². The van der Waals surface area contributed by atoms with Crippen LogP contribution in [0.4, 0.5) is 43.9 Å². The molecule has 4 rings (SSSR count). The number of benzene rings is 1. The standard InChI is InChI=1S/C17H7F10NO4S2.C11H24N/c18-14(19,20)16(24,25)33(29,30)11-6-9-8-4-2-1-3-7(8)5-10(9)12(28)13(11)34(31,32)17(26,27)15(21,22)23;1-3-4-6-9-12(2)10-7-5-8-11-12/h1-6,28H;3-11H2,1-2H3/q;+1. The Morgan fingerprint density at radius 3 is 1.78 bits per heavy atom. The minimum atomic E-state index is -7.40. The van der Waals surface area contributed by atoms with Crippen LogP contribution >= 0.6 is 0 Å². The lowest BCUT2D eigenvalue weighted by atomic mass is 9.95. The van der Waals surface area contributed by atoms with Crippen molar-refractivity contribution >= 4 is 37.0 Å². The second-order valence-corrected chi connectivity index (χ2v) is 15.3. The third kappa shape index (κ3) is 6.66. The fourth-order valence-electron chi connectivity index (χ4n) is 5.33. The molecule has 2 aliphatic carbocycles. The van der Waals surface area contributed by atoms with Gasteiger partial charge in [-0.2, -0.15) is 43.9 Å². The molecule has 1 aliphatic heterocycles. The molecule has 1 N–H and O–H groups in total. The van der Waals surface area contributed by atoms with E-state index in [0.29, 0.717) is 0 Å². The molecule has 3 aliphatic rings. The molecule has 0 saturated carbocycles. The summed E-state index contributed by atoms with van der Waals surface area (Å²) in [5.41, 5.74) is -3.48. The molecule has 0 unspecified atom stereocenters. The summed E-state index contributed by atoms with van der Waals surface area (Å²) in [5.74, 6) is 0. The minimum absolute atomic E-state index is 0.0223. The molecule has 1 saturated heterocycles. The molecule has 0 aromatic heterocycles. The monoisotopic (exact) mass is 713 g/mol. The maximum Gasteiger partial charge on any atom is 0.469 e. The number of sulfone groups is 2. The zero-order valence-electron chi connectivity index (χ0n) is 24.5. The molecular weight excluding hydrogens is 682 g/mol. The number of allylic oxidation sites excluding steroid dienone is 4. The Hall–Kier alpha value is -2.73. The summed E-state index contributed by atoms with van der Waals surface area (Å²) >= 11 is 0. The highest BCUT2D eigenvalue weighted by Crippen LogP contribution is 2.52. The average molecular weight is 714 g/mol. The van der Waals surface area contributed by atoms with Crippen LogP contribution in [0.15, 0.2) is 45.7 Å². The van der Waals surface area contributed by atoms with E-state index in [1.54, 1.807) is 0 Å². The van der Waals surface area contributed by atoms with Crippen molar-refractivity contribution < 1.29 is 65.2 Å². The first-order valence-electron chi connectivity index (χ1n) is 14.0. The first kappa shape index (κ1) is 37.7. The fourth-order valence-corrected chi connectivity index (χ4v) is 8.45. The zero-order valence-corrected chi connectivity index (χ0v) is 26.1. The number of likely N-dealkylation sites (tertiary alicyclic amines) is 1. The van der Waals surface area contributed by atoms with E-state index in [9.17, 15) is 60.7 Å². The largest absolute Gasteiger partial charge is 0.469 e. The Morgan fingerprint density at radius 2 is 1.26 bits per heavy atom. The van der Waals surface area contributed by atoms with Gasteiger partial charge in [-0.15, -0.1) is 0 Å². The van der Waals surface area contributed by atoms with Crippen LogP contribution in [-0.4, -0.2) is 76.6 Å². The van der Waals surface area contributed by atoms with Crippen LogP contribution in [0.1, 0.15) is 56.6 Å². The molecule has 0 bridgehead atoms. The van der Waals surface area contributed by atoms with E-state index in [1.165, 1.54) is 80.8 Å². The first-order valence-corrected chi connectivity index (χ1v) is 16.9.